The number of thioether (sulfide) groups is 1. The van der Waals surface area contributed by atoms with E-state index in [0.29, 0.717) is 17.9 Å². The van der Waals surface area contributed by atoms with Crippen molar-refractivity contribution in [3.05, 3.63) is 35.1 Å². The molecule has 0 saturated carbocycles. The molecule has 0 aliphatic carbocycles. The fraction of sp³-hybridized carbons (Fsp3) is 0.385. The van der Waals surface area contributed by atoms with E-state index in [1.165, 1.54) is 12.1 Å². The van der Waals surface area contributed by atoms with Crippen LogP contribution in [-0.2, 0) is 11.3 Å². The summed E-state index contributed by atoms with van der Waals surface area (Å²) >= 11 is 1.58. The summed E-state index contributed by atoms with van der Waals surface area (Å²) in [6.45, 7) is 0.807. The third-order valence-corrected chi connectivity index (χ3v) is 4.26. The Morgan fingerprint density at radius 3 is 2.85 bits per heavy atom. The number of benzene rings is 1. The number of amides is 1. The second-order valence-corrected chi connectivity index (χ2v) is 5.72. The zero-order valence-electron chi connectivity index (χ0n) is 10.7. The van der Waals surface area contributed by atoms with Crippen molar-refractivity contribution in [3.63, 3.8) is 0 Å². The molecule has 1 aromatic rings. The van der Waals surface area contributed by atoms with Crippen LogP contribution in [0, 0.1) is 5.82 Å². The second kappa shape index (κ2) is 6.23. The lowest BCUT2D eigenvalue weighted by Crippen LogP contribution is -2.46. The Kier molecular flexibility index (Phi) is 4.61. The third kappa shape index (κ3) is 3.29. The van der Waals surface area contributed by atoms with E-state index >= 15 is 0 Å². The summed E-state index contributed by atoms with van der Waals surface area (Å²) in [4.78, 5) is 23.9. The van der Waals surface area contributed by atoms with Gasteiger partial charge in [0, 0.05) is 35.7 Å². The molecule has 7 heteroatoms. The molecule has 0 bridgehead atoms. The molecule has 1 saturated heterocycles. The lowest BCUT2D eigenvalue weighted by atomic mass is 10.1. The number of carboxylic acid groups (broad SMARTS) is 1. The maximum Gasteiger partial charge on any atom is 0.321 e. The Bertz CT molecular complexity index is 538. The van der Waals surface area contributed by atoms with Crippen molar-refractivity contribution in [2.24, 2.45) is 5.73 Å². The van der Waals surface area contributed by atoms with Gasteiger partial charge < -0.3 is 10.8 Å². The Balaban J connectivity index is 2.16. The van der Waals surface area contributed by atoms with Crippen LogP contribution in [0.1, 0.15) is 15.9 Å². The number of hydrogen-bond acceptors (Lipinski definition) is 4. The van der Waals surface area contributed by atoms with Crippen LogP contribution >= 0.6 is 11.8 Å². The molecular formula is C13H15FN2O3S. The minimum Gasteiger partial charge on any atom is -0.480 e. The quantitative estimate of drug-likeness (QED) is 0.864. The Morgan fingerprint density at radius 2 is 2.25 bits per heavy atom. The normalized spacial score (nSPS) is 19.8. The van der Waals surface area contributed by atoms with Crippen LogP contribution < -0.4 is 5.73 Å². The zero-order valence-corrected chi connectivity index (χ0v) is 11.5. The van der Waals surface area contributed by atoms with Crippen LogP contribution in [0.5, 0.6) is 0 Å². The predicted molar refractivity (Wildman–Crippen MR) is 74.1 cm³/mol. The first-order valence-electron chi connectivity index (χ1n) is 6.12. The van der Waals surface area contributed by atoms with Gasteiger partial charge in [0.25, 0.3) is 0 Å². The molecule has 3 N–H and O–H groups in total. The van der Waals surface area contributed by atoms with Crippen molar-refractivity contribution in [1.29, 1.82) is 0 Å². The average molecular weight is 298 g/mol. The van der Waals surface area contributed by atoms with Gasteiger partial charge >= 0.3 is 5.97 Å². The van der Waals surface area contributed by atoms with Crippen LogP contribution in [0.4, 0.5) is 4.39 Å². The minimum absolute atomic E-state index is 0.107. The lowest BCUT2D eigenvalue weighted by molar-refractivity contribution is -0.142. The molecule has 1 atom stereocenters. The van der Waals surface area contributed by atoms with Crippen LogP contribution in [0.15, 0.2) is 18.2 Å². The lowest BCUT2D eigenvalue weighted by Gasteiger charge is -2.32. The summed E-state index contributed by atoms with van der Waals surface area (Å²) in [5.41, 5.74) is 5.56. The molecule has 1 fully saturated rings. The first-order valence-corrected chi connectivity index (χ1v) is 7.27. The molecule has 0 spiro atoms. The molecule has 0 radical (unpaired) electrons. The molecule has 1 aromatic carbocycles. The van der Waals surface area contributed by atoms with Crippen molar-refractivity contribution >= 4 is 23.6 Å². The van der Waals surface area contributed by atoms with Gasteiger partial charge in [0.15, 0.2) is 0 Å². The first kappa shape index (κ1) is 14.8. The minimum atomic E-state index is -0.897. The van der Waals surface area contributed by atoms with E-state index in [4.69, 9.17) is 10.8 Å². The smallest absolute Gasteiger partial charge is 0.321 e. The Labute approximate surface area is 119 Å². The summed E-state index contributed by atoms with van der Waals surface area (Å²) < 4.78 is 13.9. The summed E-state index contributed by atoms with van der Waals surface area (Å²) in [7, 11) is 0. The third-order valence-electron chi connectivity index (χ3n) is 3.24. The predicted octanol–water partition coefficient (Wildman–Crippen LogP) is 0.927. The van der Waals surface area contributed by atoms with Crippen LogP contribution in [0.25, 0.3) is 0 Å². The standard InChI is InChI=1S/C13H15FN2O3S/c14-10-5-8(12(15)17)1-2-9(10)6-16-3-4-20-7-11(16)13(18)19/h1-2,5,11H,3-4,6-7H2,(H2,15,17)(H,18,19). The van der Waals surface area contributed by atoms with Crippen molar-refractivity contribution in [3.8, 4) is 0 Å². The van der Waals surface area contributed by atoms with Crippen LogP contribution in [0.2, 0.25) is 0 Å². The molecule has 1 heterocycles. The summed E-state index contributed by atoms with van der Waals surface area (Å²) in [6.07, 6.45) is 0. The van der Waals surface area contributed by atoms with E-state index in [9.17, 15) is 14.0 Å². The van der Waals surface area contributed by atoms with E-state index in [1.807, 2.05) is 0 Å². The van der Waals surface area contributed by atoms with Crippen molar-refractivity contribution in [1.82, 2.24) is 4.90 Å². The highest BCUT2D eigenvalue weighted by Gasteiger charge is 2.29. The average Bonchev–Trinajstić information content (AvgIpc) is 2.41. The van der Waals surface area contributed by atoms with Gasteiger partial charge in [0.2, 0.25) is 5.91 Å². The van der Waals surface area contributed by atoms with Gasteiger partial charge in [-0.05, 0) is 12.1 Å². The highest BCUT2D eigenvalue weighted by Crippen LogP contribution is 2.21. The van der Waals surface area contributed by atoms with Gasteiger partial charge in [-0.2, -0.15) is 11.8 Å². The van der Waals surface area contributed by atoms with Crippen LogP contribution in [-0.4, -0.2) is 46.0 Å². The number of carbonyl (C=O) groups is 2. The molecule has 0 aromatic heterocycles. The topological polar surface area (TPSA) is 83.6 Å². The molecule has 1 amide bonds. The number of hydrogen-bond donors (Lipinski definition) is 2. The zero-order chi connectivity index (χ0) is 14.7. The number of aliphatic carboxylic acids is 1. The molecule has 5 nitrogen and oxygen atoms in total. The number of carboxylic acids is 1. The molecule has 108 valence electrons. The number of carbonyl (C=O) groups excluding carboxylic acids is 1. The number of halogens is 1. The molecule has 2 rings (SSSR count). The molecular weight excluding hydrogens is 283 g/mol. The Hall–Kier alpha value is -1.60. The maximum atomic E-state index is 13.9. The van der Waals surface area contributed by atoms with E-state index in [2.05, 4.69) is 0 Å². The monoisotopic (exact) mass is 298 g/mol. The van der Waals surface area contributed by atoms with E-state index < -0.39 is 23.7 Å². The molecule has 1 unspecified atom stereocenters. The van der Waals surface area contributed by atoms with Gasteiger partial charge in [-0.1, -0.05) is 6.07 Å². The summed E-state index contributed by atoms with van der Waals surface area (Å²) in [5.74, 6) is -0.801. The van der Waals surface area contributed by atoms with Gasteiger partial charge in [0.05, 0.1) is 0 Å². The Morgan fingerprint density at radius 1 is 1.50 bits per heavy atom. The van der Waals surface area contributed by atoms with Crippen LogP contribution in [0.3, 0.4) is 0 Å². The van der Waals surface area contributed by atoms with Crippen molar-refractivity contribution < 1.29 is 19.1 Å². The second-order valence-electron chi connectivity index (χ2n) is 4.57. The van der Waals surface area contributed by atoms with Crippen molar-refractivity contribution in [2.45, 2.75) is 12.6 Å². The highest BCUT2D eigenvalue weighted by atomic mass is 32.2. The summed E-state index contributed by atoms with van der Waals surface area (Å²) in [6, 6.07) is 3.42. The number of primary amides is 1. The van der Waals surface area contributed by atoms with Gasteiger partial charge in [-0.3, -0.25) is 14.5 Å². The van der Waals surface area contributed by atoms with Crippen molar-refractivity contribution in [2.75, 3.05) is 18.1 Å². The molecule has 1 aliphatic rings. The summed E-state index contributed by atoms with van der Waals surface area (Å²) in [5, 5.41) is 9.16. The fourth-order valence-corrected chi connectivity index (χ4v) is 3.21. The first-order chi connectivity index (χ1) is 9.49. The maximum absolute atomic E-state index is 13.9. The van der Waals surface area contributed by atoms with Gasteiger partial charge in [-0.15, -0.1) is 0 Å². The number of nitrogens with two attached hydrogens (primary N) is 1. The number of rotatable bonds is 4. The number of nitrogens with zero attached hydrogens (tertiary/aromatic N) is 1. The van der Waals surface area contributed by atoms with Gasteiger partial charge in [0.1, 0.15) is 11.9 Å². The SMILES string of the molecule is NC(=O)c1ccc(CN2CCSCC2C(=O)O)c(F)c1. The van der Waals surface area contributed by atoms with E-state index in [0.717, 1.165) is 11.8 Å². The highest BCUT2D eigenvalue weighted by molar-refractivity contribution is 7.99. The largest absolute Gasteiger partial charge is 0.480 e. The molecule has 1 aliphatic heterocycles. The van der Waals surface area contributed by atoms with Gasteiger partial charge in [-0.25, -0.2) is 4.39 Å². The van der Waals surface area contributed by atoms with E-state index in [-0.39, 0.29) is 12.1 Å². The molecule has 20 heavy (non-hydrogen) atoms. The fourth-order valence-electron chi connectivity index (χ4n) is 2.10. The van der Waals surface area contributed by atoms with E-state index in [1.54, 1.807) is 16.7 Å².